The maximum Gasteiger partial charge on any atom is 0.251 e. The van der Waals surface area contributed by atoms with Crippen LogP contribution in [0.15, 0.2) is 47.8 Å². The number of hydrogen-bond acceptors (Lipinski definition) is 2. The van der Waals surface area contributed by atoms with Gasteiger partial charge < -0.3 is 10.3 Å². The van der Waals surface area contributed by atoms with Crippen LogP contribution in [-0.2, 0) is 6.54 Å². The molecule has 0 aliphatic heterocycles. The average Bonchev–Trinajstić information content (AvgIpc) is 2.23. The predicted octanol–water partition coefficient (Wildman–Crippen LogP) is 1.77. The Kier molecular flexibility index (Phi) is 2.29. The molecule has 1 heterocycles. The van der Waals surface area contributed by atoms with Crippen molar-refractivity contribution in [2.24, 2.45) is 0 Å². The Bertz CT molecular complexity index is 569. The van der Waals surface area contributed by atoms with E-state index in [1.54, 1.807) is 28.8 Å². The summed E-state index contributed by atoms with van der Waals surface area (Å²) >= 11 is 0. The summed E-state index contributed by atoms with van der Waals surface area (Å²) in [6.07, 6.45) is 1.70. The fraction of sp³-hybridized carbons (Fsp3) is 0.0833. The lowest BCUT2D eigenvalue weighted by atomic mass is 10.2. The normalized spacial score (nSPS) is 10.4. The molecule has 0 unspecified atom stereocenters. The first-order chi connectivity index (χ1) is 7.22. The zero-order valence-electron chi connectivity index (χ0n) is 8.31. The summed E-state index contributed by atoms with van der Waals surface area (Å²) in [5, 5.41) is 1.01. The quantitative estimate of drug-likeness (QED) is 0.593. The van der Waals surface area contributed by atoms with Crippen molar-refractivity contribution in [1.82, 2.24) is 4.57 Å². The minimum Gasteiger partial charge on any atom is -0.399 e. The van der Waals surface area contributed by atoms with E-state index < -0.39 is 0 Å². The Morgan fingerprint density at radius 3 is 2.80 bits per heavy atom. The number of benzene rings is 1. The summed E-state index contributed by atoms with van der Waals surface area (Å²) in [4.78, 5) is 11.6. The van der Waals surface area contributed by atoms with Crippen LogP contribution in [0.4, 0.5) is 5.69 Å². The van der Waals surface area contributed by atoms with E-state index in [9.17, 15) is 4.79 Å². The highest BCUT2D eigenvalue weighted by atomic mass is 16.1. The van der Waals surface area contributed by atoms with Gasteiger partial charge in [-0.25, -0.2) is 0 Å². The van der Waals surface area contributed by atoms with Crippen molar-refractivity contribution < 1.29 is 0 Å². The predicted molar refractivity (Wildman–Crippen MR) is 62.8 cm³/mol. The first kappa shape index (κ1) is 9.52. The van der Waals surface area contributed by atoms with Crippen LogP contribution in [0, 0.1) is 0 Å². The molecule has 0 amide bonds. The summed E-state index contributed by atoms with van der Waals surface area (Å²) in [5.41, 5.74) is 7.17. The van der Waals surface area contributed by atoms with Gasteiger partial charge in [0.25, 0.3) is 5.56 Å². The molecule has 2 rings (SSSR count). The number of fused-ring (bicyclic) bond motifs is 1. The highest BCUT2D eigenvalue weighted by Crippen LogP contribution is 2.15. The first-order valence-corrected chi connectivity index (χ1v) is 4.72. The minimum atomic E-state index is -0.0343. The van der Waals surface area contributed by atoms with Crippen molar-refractivity contribution in [3.63, 3.8) is 0 Å². The fourth-order valence-corrected chi connectivity index (χ4v) is 1.62. The van der Waals surface area contributed by atoms with Gasteiger partial charge in [-0.2, -0.15) is 0 Å². The van der Waals surface area contributed by atoms with Crippen LogP contribution in [-0.4, -0.2) is 4.57 Å². The molecular weight excluding hydrogens is 188 g/mol. The molecule has 0 saturated heterocycles. The second-order valence-corrected chi connectivity index (χ2v) is 3.39. The SMILES string of the molecule is C=CCn1c(=O)ccc2ccc(N)cc21. The molecule has 0 bridgehead atoms. The van der Waals surface area contributed by atoms with Crippen LogP contribution in [0.5, 0.6) is 0 Å². The van der Waals surface area contributed by atoms with Gasteiger partial charge in [0.05, 0.1) is 5.52 Å². The Labute approximate surface area is 87.4 Å². The van der Waals surface area contributed by atoms with Crippen molar-refractivity contribution in [3.05, 3.63) is 53.3 Å². The molecule has 3 nitrogen and oxygen atoms in total. The summed E-state index contributed by atoms with van der Waals surface area (Å²) in [6.45, 7) is 4.13. The van der Waals surface area contributed by atoms with Crippen LogP contribution >= 0.6 is 0 Å². The molecule has 0 aliphatic rings. The monoisotopic (exact) mass is 200 g/mol. The smallest absolute Gasteiger partial charge is 0.251 e. The summed E-state index contributed by atoms with van der Waals surface area (Å²) in [7, 11) is 0. The number of pyridine rings is 1. The number of nitrogens with zero attached hydrogens (tertiary/aromatic N) is 1. The van der Waals surface area contributed by atoms with Gasteiger partial charge in [-0.15, -0.1) is 6.58 Å². The molecule has 2 N–H and O–H groups in total. The van der Waals surface area contributed by atoms with Gasteiger partial charge in [-0.1, -0.05) is 12.1 Å². The lowest BCUT2D eigenvalue weighted by Crippen LogP contribution is -2.18. The van der Waals surface area contributed by atoms with Crippen molar-refractivity contribution in [2.75, 3.05) is 5.73 Å². The number of nitrogen functional groups attached to an aromatic ring is 1. The van der Waals surface area contributed by atoms with Crippen LogP contribution in [0.2, 0.25) is 0 Å². The number of allylic oxidation sites excluding steroid dienone is 1. The maximum absolute atomic E-state index is 11.6. The standard InChI is InChI=1S/C12H12N2O/c1-2-7-14-11-8-10(13)5-3-9(11)4-6-12(14)15/h2-6,8H,1,7,13H2. The zero-order chi connectivity index (χ0) is 10.8. The maximum atomic E-state index is 11.6. The molecule has 76 valence electrons. The van der Waals surface area contributed by atoms with Gasteiger partial charge in [0, 0.05) is 18.3 Å². The van der Waals surface area contributed by atoms with Gasteiger partial charge in [0.15, 0.2) is 0 Å². The molecule has 1 aromatic carbocycles. The summed E-state index contributed by atoms with van der Waals surface area (Å²) in [5.74, 6) is 0. The van der Waals surface area contributed by atoms with Crippen molar-refractivity contribution in [1.29, 1.82) is 0 Å². The van der Waals surface area contributed by atoms with E-state index in [0.29, 0.717) is 12.2 Å². The third kappa shape index (κ3) is 1.64. The molecule has 15 heavy (non-hydrogen) atoms. The average molecular weight is 200 g/mol. The number of aromatic nitrogens is 1. The number of hydrogen-bond donors (Lipinski definition) is 1. The third-order valence-corrected chi connectivity index (χ3v) is 2.33. The Balaban J connectivity index is 2.84. The molecule has 0 fully saturated rings. The van der Waals surface area contributed by atoms with Gasteiger partial charge in [-0.3, -0.25) is 4.79 Å². The molecule has 1 aromatic heterocycles. The van der Waals surface area contributed by atoms with E-state index in [1.165, 1.54) is 0 Å². The van der Waals surface area contributed by atoms with Crippen molar-refractivity contribution in [3.8, 4) is 0 Å². The summed E-state index contributed by atoms with van der Waals surface area (Å²) < 4.78 is 1.65. The van der Waals surface area contributed by atoms with Gasteiger partial charge in [0.2, 0.25) is 0 Å². The molecule has 3 heteroatoms. The molecule has 0 aliphatic carbocycles. The van der Waals surface area contributed by atoms with E-state index in [-0.39, 0.29) is 5.56 Å². The Hall–Kier alpha value is -2.03. The largest absolute Gasteiger partial charge is 0.399 e. The van der Waals surface area contributed by atoms with E-state index in [4.69, 9.17) is 5.73 Å². The van der Waals surface area contributed by atoms with Crippen LogP contribution in [0.1, 0.15) is 0 Å². The Morgan fingerprint density at radius 1 is 1.33 bits per heavy atom. The summed E-state index contributed by atoms with van der Waals surface area (Å²) in [6, 6.07) is 8.90. The molecule has 0 radical (unpaired) electrons. The molecular formula is C12H12N2O. The fourth-order valence-electron chi connectivity index (χ4n) is 1.62. The topological polar surface area (TPSA) is 48.0 Å². The van der Waals surface area contributed by atoms with Gasteiger partial charge in [0.1, 0.15) is 0 Å². The molecule has 0 saturated carbocycles. The molecule has 0 spiro atoms. The van der Waals surface area contributed by atoms with E-state index in [2.05, 4.69) is 6.58 Å². The van der Waals surface area contributed by atoms with Gasteiger partial charge >= 0.3 is 0 Å². The Morgan fingerprint density at radius 2 is 2.07 bits per heavy atom. The minimum absolute atomic E-state index is 0.0343. The van der Waals surface area contributed by atoms with Crippen LogP contribution in [0.25, 0.3) is 10.9 Å². The zero-order valence-corrected chi connectivity index (χ0v) is 8.31. The number of rotatable bonds is 2. The molecule has 2 aromatic rings. The van der Waals surface area contributed by atoms with Crippen molar-refractivity contribution >= 4 is 16.6 Å². The van der Waals surface area contributed by atoms with E-state index in [0.717, 1.165) is 10.9 Å². The first-order valence-electron chi connectivity index (χ1n) is 4.72. The highest BCUT2D eigenvalue weighted by molar-refractivity contribution is 5.82. The second kappa shape index (κ2) is 3.61. The second-order valence-electron chi connectivity index (χ2n) is 3.39. The van der Waals surface area contributed by atoms with Gasteiger partial charge in [-0.05, 0) is 23.6 Å². The van der Waals surface area contributed by atoms with Crippen LogP contribution in [0.3, 0.4) is 0 Å². The molecule has 0 atom stereocenters. The van der Waals surface area contributed by atoms with E-state index >= 15 is 0 Å². The van der Waals surface area contributed by atoms with Crippen molar-refractivity contribution in [2.45, 2.75) is 6.54 Å². The van der Waals surface area contributed by atoms with E-state index in [1.807, 2.05) is 12.1 Å². The number of nitrogens with two attached hydrogens (primary N) is 1. The van der Waals surface area contributed by atoms with Crippen LogP contribution < -0.4 is 11.3 Å². The third-order valence-electron chi connectivity index (χ3n) is 2.33. The number of anilines is 1. The lowest BCUT2D eigenvalue weighted by molar-refractivity contribution is 0.819. The lowest BCUT2D eigenvalue weighted by Gasteiger charge is -2.07. The highest BCUT2D eigenvalue weighted by Gasteiger charge is 2.01.